The maximum Gasteiger partial charge on any atom is 0.220 e. The van der Waals surface area contributed by atoms with Gasteiger partial charge in [0, 0.05) is 6.42 Å². The molecule has 0 aromatic heterocycles. The molecule has 1 amide bonds. The number of unbranched alkanes of at least 4 members (excludes halogenated alkanes) is 25. The Morgan fingerprint density at radius 3 is 1.19 bits per heavy atom. The molecule has 81 heavy (non-hydrogen) atoms. The molecule has 0 aliphatic carbocycles. The van der Waals surface area contributed by atoms with Crippen LogP contribution in [0.15, 0.2) is 134 Å². The third kappa shape index (κ3) is 48.4. The first-order chi connectivity index (χ1) is 39.8. The molecule has 462 valence electrons. The monoisotopic (exact) mass is 1130 g/mol. The van der Waals surface area contributed by atoms with Gasteiger partial charge in [-0.05, 0) is 109 Å². The van der Waals surface area contributed by atoms with Crippen LogP contribution in [-0.4, -0.2) is 87.5 Å². The van der Waals surface area contributed by atoms with E-state index < -0.39 is 49.5 Å². The molecule has 0 aromatic carbocycles. The lowest BCUT2D eigenvalue weighted by molar-refractivity contribution is -0.302. The zero-order valence-electron chi connectivity index (χ0n) is 51.5. The molecule has 6 N–H and O–H groups in total. The number of hydrogen-bond donors (Lipinski definition) is 6. The number of aliphatic hydroxyl groups excluding tert-OH is 5. The maximum atomic E-state index is 13.1. The van der Waals surface area contributed by atoms with E-state index >= 15 is 0 Å². The van der Waals surface area contributed by atoms with Crippen molar-refractivity contribution in [1.82, 2.24) is 5.32 Å². The van der Waals surface area contributed by atoms with Crippen LogP contribution in [0.5, 0.6) is 0 Å². The highest BCUT2D eigenvalue weighted by molar-refractivity contribution is 5.76. The van der Waals surface area contributed by atoms with Crippen LogP contribution in [0.25, 0.3) is 0 Å². The Morgan fingerprint density at radius 1 is 0.432 bits per heavy atom. The van der Waals surface area contributed by atoms with Gasteiger partial charge in [0.1, 0.15) is 24.4 Å². The van der Waals surface area contributed by atoms with Gasteiger partial charge in [0.25, 0.3) is 0 Å². The number of carbonyl (C=O) groups is 1. The number of allylic oxidation sites excluding steroid dienone is 21. The third-order valence-corrected chi connectivity index (χ3v) is 14.7. The SMILES string of the molecule is CC/C=C\C/C=C\C/C=C\C/C=C\C/C=C\C/C=C\C/C=C\C/C=C\CCCCC(=O)NC(COC1OC(CO)C(O)C(O)C1O)C(O)/C=C/CC/C=C/CC/C=C/CCCCCCCCCCCCCCCCCCCCCCC. The van der Waals surface area contributed by atoms with Crippen molar-refractivity contribution in [3.05, 3.63) is 134 Å². The van der Waals surface area contributed by atoms with Crippen LogP contribution in [0.4, 0.5) is 0 Å². The van der Waals surface area contributed by atoms with Crippen LogP contribution in [0, 0.1) is 0 Å². The second-order valence-corrected chi connectivity index (χ2v) is 22.2. The first-order valence-electron chi connectivity index (χ1n) is 32.9. The Bertz CT molecular complexity index is 1740. The second kappa shape index (κ2) is 59.5. The van der Waals surface area contributed by atoms with Gasteiger partial charge in [-0.3, -0.25) is 4.79 Å². The van der Waals surface area contributed by atoms with Crippen molar-refractivity contribution in [1.29, 1.82) is 0 Å². The predicted molar refractivity (Wildman–Crippen MR) is 345 cm³/mol. The van der Waals surface area contributed by atoms with Gasteiger partial charge in [-0.25, -0.2) is 0 Å². The summed E-state index contributed by atoms with van der Waals surface area (Å²) < 4.78 is 11.3. The average molecular weight is 1130 g/mol. The van der Waals surface area contributed by atoms with Crippen LogP contribution < -0.4 is 5.32 Å². The highest BCUT2D eigenvalue weighted by Crippen LogP contribution is 2.23. The lowest BCUT2D eigenvalue weighted by Gasteiger charge is -2.40. The van der Waals surface area contributed by atoms with Gasteiger partial charge in [-0.2, -0.15) is 0 Å². The van der Waals surface area contributed by atoms with Gasteiger partial charge in [-0.15, -0.1) is 0 Å². The van der Waals surface area contributed by atoms with Crippen molar-refractivity contribution in [3.8, 4) is 0 Å². The van der Waals surface area contributed by atoms with E-state index in [-0.39, 0.29) is 18.9 Å². The summed E-state index contributed by atoms with van der Waals surface area (Å²) in [5.41, 5.74) is 0. The Hall–Kier alpha value is -3.67. The lowest BCUT2D eigenvalue weighted by atomic mass is 9.99. The van der Waals surface area contributed by atoms with Crippen molar-refractivity contribution in [2.24, 2.45) is 0 Å². The summed E-state index contributed by atoms with van der Waals surface area (Å²) in [5, 5.41) is 54.6. The van der Waals surface area contributed by atoms with E-state index in [0.717, 1.165) is 89.9 Å². The van der Waals surface area contributed by atoms with Gasteiger partial charge in [0.15, 0.2) is 6.29 Å². The van der Waals surface area contributed by atoms with E-state index in [9.17, 15) is 30.3 Å². The normalized spacial score (nSPS) is 19.3. The Labute approximate surface area is 496 Å². The van der Waals surface area contributed by atoms with E-state index in [2.05, 4.69) is 141 Å². The first-order valence-corrected chi connectivity index (χ1v) is 32.9. The fraction of sp³-hybridized carbons (Fsp3) is 0.681. The molecule has 0 aromatic rings. The number of rotatable bonds is 55. The maximum absolute atomic E-state index is 13.1. The van der Waals surface area contributed by atoms with E-state index in [1.165, 1.54) is 135 Å². The minimum atomic E-state index is -1.59. The molecule has 0 radical (unpaired) electrons. The number of amides is 1. The summed E-state index contributed by atoms with van der Waals surface area (Å²) in [6.07, 6.45) is 84.0. The lowest BCUT2D eigenvalue weighted by Crippen LogP contribution is -2.60. The molecule has 1 fully saturated rings. The van der Waals surface area contributed by atoms with Crippen LogP contribution in [0.1, 0.15) is 258 Å². The molecular weight excluding hydrogens is 1010 g/mol. The summed E-state index contributed by atoms with van der Waals surface area (Å²) in [4.78, 5) is 13.1. The summed E-state index contributed by atoms with van der Waals surface area (Å²) in [7, 11) is 0. The molecule has 1 heterocycles. The van der Waals surface area contributed by atoms with Crippen molar-refractivity contribution < 1.29 is 39.8 Å². The van der Waals surface area contributed by atoms with E-state index in [1.54, 1.807) is 6.08 Å². The van der Waals surface area contributed by atoms with Crippen molar-refractivity contribution in [3.63, 3.8) is 0 Å². The molecule has 0 saturated carbocycles. The Balaban J connectivity index is 2.26. The number of nitrogens with one attached hydrogen (secondary N) is 1. The molecular formula is C72H121NO8. The van der Waals surface area contributed by atoms with E-state index in [0.29, 0.717) is 12.8 Å². The highest BCUT2D eigenvalue weighted by Gasteiger charge is 2.44. The zero-order valence-corrected chi connectivity index (χ0v) is 51.5. The van der Waals surface area contributed by atoms with Crippen LogP contribution in [0.3, 0.4) is 0 Å². The zero-order chi connectivity index (χ0) is 58.6. The van der Waals surface area contributed by atoms with Crippen molar-refractivity contribution >= 4 is 5.91 Å². The standard InChI is InChI=1S/C72H121NO8/c1-3-5-7-9-11-13-15-17-19-21-23-25-27-29-31-32-33-34-36-37-39-41-43-45-47-49-51-53-55-57-59-61-66(75)65(64-80-72-71(79)70(78)69(77)67(63-74)81-72)73-68(76)62-60-58-56-54-52-50-48-46-44-42-40-38-35-30-28-26-24-22-20-18-16-14-12-10-8-6-4-2/h6,8,12,14,18,20,24,26,30,35,40,42-43,45-46,48,51-54,59,61,65-67,69-72,74-75,77-79H,3-5,7,9-11,13,15-17,19,21-23,25,27-29,31-34,36-39,41,44,47,49-50,55-58,60,62-64H2,1-2H3,(H,73,76)/b8-6-,14-12-,20-18-,26-24-,35-30-,42-40-,45-43+,48-46-,53-51+,54-52-,61-59+. The minimum Gasteiger partial charge on any atom is -0.394 e. The molecule has 0 bridgehead atoms. The minimum absolute atomic E-state index is 0.233. The van der Waals surface area contributed by atoms with Gasteiger partial charge < -0.3 is 40.3 Å². The molecule has 1 aliphatic heterocycles. The molecule has 0 spiro atoms. The fourth-order valence-electron chi connectivity index (χ4n) is 9.56. The van der Waals surface area contributed by atoms with Crippen LogP contribution in [0.2, 0.25) is 0 Å². The summed E-state index contributed by atoms with van der Waals surface area (Å²) >= 11 is 0. The van der Waals surface area contributed by atoms with Gasteiger partial charge in [0.05, 0.1) is 25.4 Å². The molecule has 1 saturated heterocycles. The summed E-state index contributed by atoms with van der Waals surface area (Å²) in [5.74, 6) is -0.237. The number of carbonyl (C=O) groups excluding carboxylic acids is 1. The number of ether oxygens (including phenoxy) is 2. The second-order valence-electron chi connectivity index (χ2n) is 22.2. The molecule has 1 rings (SSSR count). The van der Waals surface area contributed by atoms with Crippen molar-refractivity contribution in [2.45, 2.75) is 301 Å². The van der Waals surface area contributed by atoms with Crippen molar-refractivity contribution in [2.75, 3.05) is 13.2 Å². The topological polar surface area (TPSA) is 149 Å². The summed E-state index contributed by atoms with van der Waals surface area (Å²) in [6, 6.07) is -0.864. The first kappa shape index (κ1) is 75.3. The predicted octanol–water partition coefficient (Wildman–Crippen LogP) is 17.6. The Kier molecular flexibility index (Phi) is 55.3. The van der Waals surface area contributed by atoms with E-state index in [1.807, 2.05) is 6.08 Å². The molecule has 1 aliphatic rings. The summed E-state index contributed by atoms with van der Waals surface area (Å²) in [6.45, 7) is 3.63. The molecule has 7 unspecified atom stereocenters. The molecule has 9 heteroatoms. The van der Waals surface area contributed by atoms with Gasteiger partial charge in [-0.1, -0.05) is 276 Å². The van der Waals surface area contributed by atoms with Gasteiger partial charge in [0.2, 0.25) is 5.91 Å². The fourth-order valence-corrected chi connectivity index (χ4v) is 9.56. The van der Waals surface area contributed by atoms with Gasteiger partial charge >= 0.3 is 0 Å². The average Bonchev–Trinajstić information content (AvgIpc) is 3.48. The molecule has 7 atom stereocenters. The number of hydrogen-bond acceptors (Lipinski definition) is 8. The smallest absolute Gasteiger partial charge is 0.220 e. The van der Waals surface area contributed by atoms with Crippen LogP contribution in [-0.2, 0) is 14.3 Å². The molecule has 9 nitrogen and oxygen atoms in total. The van der Waals surface area contributed by atoms with E-state index in [4.69, 9.17) is 9.47 Å². The largest absolute Gasteiger partial charge is 0.394 e. The highest BCUT2D eigenvalue weighted by atomic mass is 16.7. The van der Waals surface area contributed by atoms with Crippen LogP contribution >= 0.6 is 0 Å². The quantitative estimate of drug-likeness (QED) is 0.0261. The Morgan fingerprint density at radius 2 is 0.778 bits per heavy atom. The third-order valence-electron chi connectivity index (χ3n) is 14.7. The number of aliphatic hydroxyl groups is 5.